The summed E-state index contributed by atoms with van der Waals surface area (Å²) in [6, 6.07) is 0. The van der Waals surface area contributed by atoms with Gasteiger partial charge in [0.05, 0.1) is 0 Å². The van der Waals surface area contributed by atoms with Crippen LogP contribution in [0.2, 0.25) is 0 Å². The Hall–Kier alpha value is -1.18. The average Bonchev–Trinajstić information content (AvgIpc) is 2.50. The van der Waals surface area contributed by atoms with Crippen molar-refractivity contribution in [3.63, 3.8) is 0 Å². The lowest BCUT2D eigenvalue weighted by atomic mass is 9.57. The molecule has 0 saturated heterocycles. The molecule has 2 aromatic carbocycles. The average molecular weight is 257 g/mol. The maximum Gasteiger partial charge on any atom is 0.115 e. The normalized spacial score (nSPS) is 10.7. The molecule has 2 aromatic rings. The lowest BCUT2D eigenvalue weighted by Crippen LogP contribution is -2.56. The van der Waals surface area contributed by atoms with E-state index >= 15 is 0 Å². The van der Waals surface area contributed by atoms with Crippen molar-refractivity contribution < 1.29 is 0 Å². The molecule has 0 atom stereocenters. The Bertz CT molecular complexity index is 675. The second-order valence-corrected chi connectivity index (χ2v) is 4.89. The summed E-state index contributed by atoms with van der Waals surface area (Å²) in [6.45, 7) is 0. The van der Waals surface area contributed by atoms with Crippen LogP contribution < -0.4 is 54.9 Å². The van der Waals surface area contributed by atoms with E-state index in [9.17, 15) is 0 Å². The molecule has 2 rings (SSSR count). The molecule has 0 aromatic heterocycles. The van der Waals surface area contributed by atoms with Gasteiger partial charge in [0.1, 0.15) is 70.6 Å². The van der Waals surface area contributed by atoms with E-state index in [4.69, 9.17) is 76.4 Å². The summed E-state index contributed by atoms with van der Waals surface area (Å²) < 4.78 is 0. The first-order valence-electron chi connectivity index (χ1n) is 6.14. The van der Waals surface area contributed by atoms with Crippen molar-refractivity contribution in [2.75, 3.05) is 5.73 Å². The highest BCUT2D eigenvalue weighted by Crippen LogP contribution is 2.15. The Morgan fingerprint density at radius 2 is 0.636 bits per heavy atom. The third kappa shape index (κ3) is 2.32. The summed E-state index contributed by atoms with van der Waals surface area (Å²) >= 11 is 0. The van der Waals surface area contributed by atoms with Gasteiger partial charge in [-0.15, -0.1) is 27.3 Å². The predicted molar refractivity (Wildman–Crippen MR) is 105 cm³/mol. The van der Waals surface area contributed by atoms with Gasteiger partial charge in [-0.3, -0.25) is 0 Å². The molecule has 0 bridgehead atoms. The number of hydrogen-bond acceptors (Lipinski definition) is 1. The van der Waals surface area contributed by atoms with Crippen LogP contribution in [0.4, 0.5) is 5.69 Å². The zero-order valence-electron chi connectivity index (χ0n) is 11.8. The number of anilines is 1. The second-order valence-electron chi connectivity index (χ2n) is 4.89. The summed E-state index contributed by atoms with van der Waals surface area (Å²) in [5.74, 6) is 0. The maximum atomic E-state index is 6.00. The molecule has 0 heterocycles. The molecule has 0 aliphatic heterocycles. The highest BCUT2D eigenvalue weighted by molar-refractivity contribution is 6.70. The smallest absolute Gasteiger partial charge is 0.115 e. The van der Waals surface area contributed by atoms with Crippen LogP contribution in [0.1, 0.15) is 0 Å². The summed E-state index contributed by atoms with van der Waals surface area (Å²) in [6.07, 6.45) is 0. The van der Waals surface area contributed by atoms with Gasteiger partial charge in [-0.05, 0) is 11.1 Å². The van der Waals surface area contributed by atoms with Crippen LogP contribution in [-0.4, -0.2) is 70.6 Å². The van der Waals surface area contributed by atoms with E-state index < -0.39 is 0 Å². The first-order chi connectivity index (χ1) is 10.1. The Morgan fingerprint density at radius 1 is 0.364 bits per heavy atom. The number of hydrogen-bond donors (Lipinski definition) is 1. The molecular weight excluding hydrogens is 255 g/mol. The summed E-state index contributed by atoms with van der Waals surface area (Å²) in [5.41, 5.74) is 7.15. The maximum absolute atomic E-state index is 6.00. The molecule has 0 fully saturated rings. The minimum Gasteiger partial charge on any atom is -0.399 e. The van der Waals surface area contributed by atoms with Gasteiger partial charge >= 0.3 is 0 Å². The van der Waals surface area contributed by atoms with Crippen LogP contribution in [-0.2, 0) is 0 Å². The van der Waals surface area contributed by atoms with Crippen molar-refractivity contribution in [2.24, 2.45) is 0 Å². The van der Waals surface area contributed by atoms with Crippen molar-refractivity contribution in [3.8, 4) is 11.1 Å². The van der Waals surface area contributed by atoms with Gasteiger partial charge in [-0.2, -0.15) is 0 Å². The molecule has 18 radical (unpaired) electrons. The molecule has 10 heteroatoms. The summed E-state index contributed by atoms with van der Waals surface area (Å²) in [7, 11) is 52.9. The van der Waals surface area contributed by atoms with Crippen LogP contribution >= 0.6 is 0 Å². The Morgan fingerprint density at radius 3 is 1.05 bits per heavy atom. The van der Waals surface area contributed by atoms with E-state index in [1.54, 1.807) is 0 Å². The monoisotopic (exact) mass is 259 g/mol. The first-order valence-corrected chi connectivity index (χ1v) is 6.14. The quantitative estimate of drug-likeness (QED) is 0.399. The fourth-order valence-corrected chi connectivity index (χ4v) is 2.24. The van der Waals surface area contributed by atoms with Crippen LogP contribution in [0.15, 0.2) is 0 Å². The van der Waals surface area contributed by atoms with Crippen LogP contribution in [0, 0.1) is 0 Å². The summed E-state index contributed by atoms with van der Waals surface area (Å²) in [5, 5.41) is 0. The van der Waals surface area contributed by atoms with E-state index in [1.165, 1.54) is 0 Å². The van der Waals surface area contributed by atoms with Gasteiger partial charge < -0.3 is 5.73 Å². The van der Waals surface area contributed by atoms with Crippen molar-refractivity contribution >= 4 is 125 Å². The van der Waals surface area contributed by atoms with Gasteiger partial charge in [0.2, 0.25) is 0 Å². The van der Waals surface area contributed by atoms with Crippen molar-refractivity contribution in [1.82, 2.24) is 0 Å². The molecule has 2 N–H and O–H groups in total. The molecule has 0 saturated carbocycles. The summed E-state index contributed by atoms with van der Waals surface area (Å²) in [4.78, 5) is 0. The topological polar surface area (TPSA) is 26.0 Å². The van der Waals surface area contributed by atoms with Crippen molar-refractivity contribution in [2.45, 2.75) is 0 Å². The fourth-order valence-electron chi connectivity index (χ4n) is 2.24. The van der Waals surface area contributed by atoms with Crippen molar-refractivity contribution in [1.29, 1.82) is 0 Å². The minimum absolute atomic E-state index is 0.0643. The Balaban J connectivity index is 3.03. The minimum atomic E-state index is 0.0643. The van der Waals surface area contributed by atoms with Crippen molar-refractivity contribution in [3.05, 3.63) is 0 Å². The first kappa shape index (κ1) is 17.2. The van der Waals surface area contributed by atoms with Gasteiger partial charge in [0, 0.05) is 5.69 Å². The number of nitrogen functional groups attached to an aromatic ring is 1. The predicted octanol–water partition coefficient (Wildman–Crippen LogP) is -7.92. The standard InChI is InChI=1S/C12H2B9N/c13-3-1(4(14)7(17)9(19)6(3)16)2-5(15)8(18)10(20)11(21)12(2)22/h22H2. The Kier molecular flexibility index (Phi) is 4.52. The van der Waals surface area contributed by atoms with Crippen LogP contribution in [0.5, 0.6) is 0 Å². The van der Waals surface area contributed by atoms with Gasteiger partial charge in [-0.25, -0.2) is 0 Å². The van der Waals surface area contributed by atoms with Crippen LogP contribution in [0.25, 0.3) is 11.1 Å². The molecule has 0 spiro atoms. The number of rotatable bonds is 1. The third-order valence-electron chi connectivity index (χ3n) is 3.65. The van der Waals surface area contributed by atoms with E-state index in [0.29, 0.717) is 0 Å². The molecule has 0 aliphatic rings. The Labute approximate surface area is 142 Å². The van der Waals surface area contributed by atoms with Crippen LogP contribution in [0.3, 0.4) is 0 Å². The van der Waals surface area contributed by atoms with Gasteiger partial charge in [-0.1, -0.05) is 21.9 Å². The van der Waals surface area contributed by atoms with E-state index in [-0.39, 0.29) is 66.0 Å². The van der Waals surface area contributed by atoms with E-state index in [2.05, 4.69) is 0 Å². The zero-order chi connectivity index (χ0) is 16.9. The van der Waals surface area contributed by atoms with Gasteiger partial charge in [0.15, 0.2) is 0 Å². The third-order valence-corrected chi connectivity index (χ3v) is 3.65. The number of nitrogens with two attached hydrogens (primary N) is 1. The zero-order valence-corrected chi connectivity index (χ0v) is 11.8. The van der Waals surface area contributed by atoms with E-state index in [0.717, 1.165) is 0 Å². The SMILES string of the molecule is [B]c1c([B])c([B])c(-c2c([B])c([B])c([B])c([B])c2N)c([B])c1[B]. The molecule has 22 heavy (non-hydrogen) atoms. The molecular formula is C12H2B9N. The fraction of sp³-hybridized carbons (Fsp3) is 0. The molecule has 1 nitrogen and oxygen atoms in total. The lowest BCUT2D eigenvalue weighted by Gasteiger charge is -2.26. The molecule has 82 valence electrons. The number of benzene rings is 2. The van der Waals surface area contributed by atoms with E-state index in [1.807, 2.05) is 0 Å². The second kappa shape index (κ2) is 5.79. The molecule has 0 aliphatic carbocycles. The largest absolute Gasteiger partial charge is 0.399 e. The van der Waals surface area contributed by atoms with Gasteiger partial charge in [0.25, 0.3) is 0 Å². The highest BCUT2D eigenvalue weighted by atomic mass is 14.6. The lowest BCUT2D eigenvalue weighted by molar-refractivity contribution is 1.80. The molecule has 0 unspecified atom stereocenters. The molecule has 0 amide bonds. The highest BCUT2D eigenvalue weighted by Gasteiger charge is 2.18.